The highest BCUT2D eigenvalue weighted by atomic mass is 35.5. The number of halogens is 1. The van der Waals surface area contributed by atoms with E-state index in [1.807, 2.05) is 17.7 Å². The second kappa shape index (κ2) is 4.99. The minimum Gasteiger partial charge on any atom is -0.321 e. The Hall–Kier alpha value is -1.54. The van der Waals surface area contributed by atoms with Crippen LogP contribution in [-0.2, 0) is 5.88 Å². The third-order valence-electron chi connectivity index (χ3n) is 3.23. The molecule has 2 rings (SSSR count). The van der Waals surface area contributed by atoms with Crippen LogP contribution in [0, 0.1) is 20.8 Å². The smallest absolute Gasteiger partial charge is 0.186 e. The van der Waals surface area contributed by atoms with Crippen LogP contribution in [0.1, 0.15) is 22.4 Å². The highest BCUT2D eigenvalue weighted by Crippen LogP contribution is 2.16. The molecule has 0 aliphatic heterocycles. The molecular formula is C15H16ClNO. The topological polar surface area (TPSA) is 22.0 Å². The SMILES string of the molecule is Cc1ccc(-n2cc(CCl)c(=O)cc2C)cc1C. The van der Waals surface area contributed by atoms with E-state index >= 15 is 0 Å². The van der Waals surface area contributed by atoms with Gasteiger partial charge in [0.1, 0.15) is 0 Å². The minimum absolute atomic E-state index is 0.00239. The van der Waals surface area contributed by atoms with E-state index < -0.39 is 0 Å². The zero-order valence-electron chi connectivity index (χ0n) is 10.8. The van der Waals surface area contributed by atoms with E-state index in [-0.39, 0.29) is 11.3 Å². The van der Waals surface area contributed by atoms with Crippen LogP contribution >= 0.6 is 11.6 Å². The van der Waals surface area contributed by atoms with Gasteiger partial charge in [-0.05, 0) is 44.0 Å². The molecule has 0 atom stereocenters. The van der Waals surface area contributed by atoms with Gasteiger partial charge in [0.25, 0.3) is 0 Å². The van der Waals surface area contributed by atoms with Gasteiger partial charge >= 0.3 is 0 Å². The van der Waals surface area contributed by atoms with Crippen LogP contribution in [-0.4, -0.2) is 4.57 Å². The Bertz CT molecular complexity index is 643. The standard InChI is InChI=1S/C15H16ClNO/c1-10-4-5-14(6-11(10)2)17-9-13(8-16)15(18)7-12(17)3/h4-7,9H,8H2,1-3H3. The van der Waals surface area contributed by atoms with E-state index in [4.69, 9.17) is 11.6 Å². The average Bonchev–Trinajstić information content (AvgIpc) is 2.33. The summed E-state index contributed by atoms with van der Waals surface area (Å²) in [5.74, 6) is 0.240. The molecule has 2 nitrogen and oxygen atoms in total. The molecule has 3 heteroatoms. The fourth-order valence-corrected chi connectivity index (χ4v) is 2.13. The molecular weight excluding hydrogens is 246 g/mol. The first-order valence-electron chi connectivity index (χ1n) is 5.88. The van der Waals surface area contributed by atoms with Crippen molar-refractivity contribution in [2.75, 3.05) is 0 Å². The lowest BCUT2D eigenvalue weighted by Gasteiger charge is -2.13. The summed E-state index contributed by atoms with van der Waals surface area (Å²) >= 11 is 5.79. The monoisotopic (exact) mass is 261 g/mol. The maximum atomic E-state index is 11.7. The molecule has 0 N–H and O–H groups in total. The van der Waals surface area contributed by atoms with E-state index in [0.29, 0.717) is 5.56 Å². The van der Waals surface area contributed by atoms with Crippen molar-refractivity contribution in [3.8, 4) is 5.69 Å². The summed E-state index contributed by atoms with van der Waals surface area (Å²) in [4.78, 5) is 11.7. The third kappa shape index (κ3) is 2.34. The van der Waals surface area contributed by atoms with Crippen molar-refractivity contribution in [2.24, 2.45) is 0 Å². The van der Waals surface area contributed by atoms with E-state index in [0.717, 1.165) is 11.4 Å². The van der Waals surface area contributed by atoms with Gasteiger partial charge < -0.3 is 4.57 Å². The van der Waals surface area contributed by atoms with Crippen LogP contribution in [0.5, 0.6) is 0 Å². The summed E-state index contributed by atoms with van der Waals surface area (Å²) in [5.41, 5.74) is 5.09. The molecule has 0 fully saturated rings. The quantitative estimate of drug-likeness (QED) is 0.759. The maximum absolute atomic E-state index is 11.7. The number of rotatable bonds is 2. The summed E-state index contributed by atoms with van der Waals surface area (Å²) in [5, 5.41) is 0. The molecule has 0 aliphatic rings. The maximum Gasteiger partial charge on any atom is 0.186 e. The van der Waals surface area contributed by atoms with E-state index in [2.05, 4.69) is 32.0 Å². The average molecular weight is 262 g/mol. The number of aromatic nitrogens is 1. The van der Waals surface area contributed by atoms with E-state index in [9.17, 15) is 4.79 Å². The van der Waals surface area contributed by atoms with Crippen LogP contribution in [0.4, 0.5) is 0 Å². The van der Waals surface area contributed by atoms with Gasteiger partial charge in [-0.3, -0.25) is 4.79 Å². The van der Waals surface area contributed by atoms with Crippen molar-refractivity contribution in [3.05, 3.63) is 63.1 Å². The number of nitrogens with zero attached hydrogens (tertiary/aromatic N) is 1. The summed E-state index contributed by atoms with van der Waals surface area (Å²) in [6, 6.07) is 7.89. The van der Waals surface area contributed by atoms with Crippen LogP contribution < -0.4 is 5.43 Å². The van der Waals surface area contributed by atoms with Gasteiger partial charge in [-0.1, -0.05) is 6.07 Å². The lowest BCUT2D eigenvalue weighted by molar-refractivity contribution is 0.952. The third-order valence-corrected chi connectivity index (χ3v) is 3.52. The molecule has 0 saturated heterocycles. The minimum atomic E-state index is 0.00239. The summed E-state index contributed by atoms with van der Waals surface area (Å²) in [7, 11) is 0. The van der Waals surface area contributed by atoms with Gasteiger partial charge in [0.15, 0.2) is 5.43 Å². The molecule has 1 aromatic carbocycles. The second-order valence-corrected chi connectivity index (χ2v) is 4.84. The van der Waals surface area contributed by atoms with Crippen LogP contribution in [0.15, 0.2) is 35.3 Å². The highest BCUT2D eigenvalue weighted by molar-refractivity contribution is 6.17. The van der Waals surface area contributed by atoms with Gasteiger partial charge in [0.05, 0.1) is 5.88 Å². The van der Waals surface area contributed by atoms with Crippen molar-refractivity contribution in [1.29, 1.82) is 0 Å². The fourth-order valence-electron chi connectivity index (χ4n) is 1.93. The normalized spacial score (nSPS) is 10.7. The number of alkyl halides is 1. The predicted molar refractivity (Wildman–Crippen MR) is 75.8 cm³/mol. The lowest BCUT2D eigenvalue weighted by Crippen LogP contribution is -2.13. The first-order chi connectivity index (χ1) is 8.52. The van der Waals surface area contributed by atoms with Crippen molar-refractivity contribution in [3.63, 3.8) is 0 Å². The van der Waals surface area contributed by atoms with Crippen LogP contribution in [0.25, 0.3) is 5.69 Å². The van der Waals surface area contributed by atoms with Crippen molar-refractivity contribution in [1.82, 2.24) is 4.57 Å². The Morgan fingerprint density at radius 3 is 2.44 bits per heavy atom. The number of hydrogen-bond donors (Lipinski definition) is 0. The molecule has 0 amide bonds. The van der Waals surface area contributed by atoms with Crippen LogP contribution in [0.2, 0.25) is 0 Å². The second-order valence-electron chi connectivity index (χ2n) is 4.58. The molecule has 18 heavy (non-hydrogen) atoms. The number of aryl methyl sites for hydroxylation is 3. The van der Waals surface area contributed by atoms with Crippen molar-refractivity contribution >= 4 is 11.6 Å². The zero-order chi connectivity index (χ0) is 13.3. The Labute approximate surface area is 112 Å². The molecule has 0 unspecified atom stereocenters. The number of hydrogen-bond acceptors (Lipinski definition) is 1. The van der Waals surface area contributed by atoms with Gasteiger partial charge in [0.2, 0.25) is 0 Å². The van der Waals surface area contributed by atoms with Gasteiger partial charge in [-0.25, -0.2) is 0 Å². The first kappa shape index (κ1) is 12.9. The van der Waals surface area contributed by atoms with Gasteiger partial charge in [-0.15, -0.1) is 11.6 Å². The van der Waals surface area contributed by atoms with E-state index in [1.165, 1.54) is 11.1 Å². The Morgan fingerprint density at radius 1 is 1.11 bits per heavy atom. The Morgan fingerprint density at radius 2 is 1.83 bits per heavy atom. The molecule has 1 aromatic heterocycles. The molecule has 0 saturated carbocycles. The lowest BCUT2D eigenvalue weighted by atomic mass is 10.1. The molecule has 0 radical (unpaired) electrons. The number of pyridine rings is 1. The molecule has 1 heterocycles. The van der Waals surface area contributed by atoms with Crippen molar-refractivity contribution in [2.45, 2.75) is 26.7 Å². The molecule has 94 valence electrons. The fraction of sp³-hybridized carbons (Fsp3) is 0.267. The highest BCUT2D eigenvalue weighted by Gasteiger charge is 2.05. The molecule has 0 bridgehead atoms. The van der Waals surface area contributed by atoms with Gasteiger partial charge in [-0.2, -0.15) is 0 Å². The molecule has 0 spiro atoms. The summed E-state index contributed by atoms with van der Waals surface area (Å²) in [6.07, 6.45) is 1.83. The summed E-state index contributed by atoms with van der Waals surface area (Å²) in [6.45, 7) is 6.09. The summed E-state index contributed by atoms with van der Waals surface area (Å²) < 4.78 is 2.01. The Kier molecular flexibility index (Phi) is 3.58. The zero-order valence-corrected chi connectivity index (χ0v) is 11.6. The largest absolute Gasteiger partial charge is 0.321 e. The number of benzene rings is 1. The first-order valence-corrected chi connectivity index (χ1v) is 6.42. The molecule has 2 aromatic rings. The van der Waals surface area contributed by atoms with Crippen LogP contribution in [0.3, 0.4) is 0 Å². The molecule has 0 aliphatic carbocycles. The Balaban J connectivity index is 2.63. The van der Waals surface area contributed by atoms with Crippen molar-refractivity contribution < 1.29 is 0 Å². The van der Waals surface area contributed by atoms with Gasteiger partial charge in [0, 0.05) is 29.2 Å². The van der Waals surface area contributed by atoms with E-state index in [1.54, 1.807) is 6.07 Å². The predicted octanol–water partition coefficient (Wildman–Crippen LogP) is 3.50.